The first-order valence-electron chi connectivity index (χ1n) is 27.0. The number of rotatable bonds is 12. The molecule has 0 radical (unpaired) electrons. The number of cyclic esters (lactones) is 1. The minimum absolute atomic E-state index is 0.00685. The Bertz CT molecular complexity index is 2010. The first-order valence-corrected chi connectivity index (χ1v) is 27.0. The number of amides is 1. The van der Waals surface area contributed by atoms with Crippen molar-refractivity contribution in [1.82, 2.24) is 4.90 Å². The fraction of sp³-hybridized carbons (Fsp3) is 0.768. The minimum Gasteiger partial charge on any atom is -0.460 e. The van der Waals surface area contributed by atoms with Crippen LogP contribution in [0.15, 0.2) is 47.6 Å². The molecule has 0 aromatic heterocycles. The summed E-state index contributed by atoms with van der Waals surface area (Å²) in [6.45, 7) is 10.7. The van der Waals surface area contributed by atoms with Crippen molar-refractivity contribution in [2.24, 2.45) is 35.5 Å². The van der Waals surface area contributed by atoms with Gasteiger partial charge in [-0.3, -0.25) is 19.2 Å². The van der Waals surface area contributed by atoms with Crippen molar-refractivity contribution in [2.75, 3.05) is 34.0 Å². The van der Waals surface area contributed by atoms with Crippen molar-refractivity contribution >= 4 is 29.2 Å². The van der Waals surface area contributed by atoms with E-state index in [0.29, 0.717) is 62.5 Å². The summed E-state index contributed by atoms with van der Waals surface area (Å²) >= 11 is 0. The molecule has 8 N–H and O–H groups in total. The fourth-order valence-corrected chi connectivity index (χ4v) is 10.9. The molecular weight excluding hydrogens is 975 g/mol. The van der Waals surface area contributed by atoms with Gasteiger partial charge in [0.25, 0.3) is 11.7 Å². The Hall–Kier alpha value is -3.57. The number of ether oxygens (including phenoxy) is 5. The van der Waals surface area contributed by atoms with Crippen LogP contribution in [0.5, 0.6) is 0 Å². The van der Waals surface area contributed by atoms with Crippen molar-refractivity contribution in [3.05, 3.63) is 47.6 Å². The summed E-state index contributed by atoms with van der Waals surface area (Å²) in [6.07, 6.45) is 0.805. The normalized spacial score (nSPS) is 38.4. The van der Waals surface area contributed by atoms with Gasteiger partial charge < -0.3 is 69.4 Å². The number of nitrogens with zero attached hydrogens (tertiary/aromatic N) is 1. The quantitative estimate of drug-likeness (QED) is 0.0792. The van der Waals surface area contributed by atoms with E-state index in [9.17, 15) is 64.8 Å². The van der Waals surface area contributed by atoms with Gasteiger partial charge in [0, 0.05) is 51.4 Å². The van der Waals surface area contributed by atoms with Gasteiger partial charge in [-0.25, -0.2) is 4.79 Å². The number of allylic oxidation sites excluding steroid dienone is 6. The number of hydrogen-bond donors (Lipinski definition) is 8. The second-order valence-corrected chi connectivity index (χ2v) is 22.0. The van der Waals surface area contributed by atoms with Gasteiger partial charge in [-0.1, -0.05) is 71.1 Å². The zero-order valence-corrected chi connectivity index (χ0v) is 45.6. The van der Waals surface area contributed by atoms with Crippen LogP contribution in [0.25, 0.3) is 0 Å². The van der Waals surface area contributed by atoms with E-state index in [2.05, 4.69) is 0 Å². The average Bonchev–Trinajstić information content (AvgIpc) is 3.39. The largest absolute Gasteiger partial charge is 0.460 e. The second kappa shape index (κ2) is 30.0. The van der Waals surface area contributed by atoms with Crippen molar-refractivity contribution in [1.29, 1.82) is 0 Å². The third kappa shape index (κ3) is 17.5. The lowest BCUT2D eigenvalue weighted by Crippen LogP contribution is -2.61. The number of ketones is 3. The Morgan fingerprint density at radius 1 is 0.827 bits per heavy atom. The van der Waals surface area contributed by atoms with Crippen LogP contribution in [0.1, 0.15) is 126 Å². The Morgan fingerprint density at radius 2 is 1.52 bits per heavy atom. The highest BCUT2D eigenvalue weighted by molar-refractivity contribution is 6.39. The van der Waals surface area contributed by atoms with E-state index in [-0.39, 0.29) is 61.7 Å². The van der Waals surface area contributed by atoms with Crippen molar-refractivity contribution < 1.29 is 88.5 Å². The van der Waals surface area contributed by atoms with Crippen LogP contribution in [0, 0.1) is 35.5 Å². The molecule has 0 aromatic rings. The summed E-state index contributed by atoms with van der Waals surface area (Å²) in [5.74, 6) is -9.14. The molecule has 19 nitrogen and oxygen atoms in total. The van der Waals surface area contributed by atoms with Crippen LogP contribution in [0.4, 0.5) is 0 Å². The zero-order chi connectivity index (χ0) is 55.9. The lowest BCUT2D eigenvalue weighted by molar-refractivity contribution is -0.266. The second-order valence-electron chi connectivity index (χ2n) is 22.0. The number of aliphatic hydroxyl groups excluding tert-OH is 7. The Labute approximate surface area is 443 Å². The monoisotopic (exact) mass is 1060 g/mol. The SMILES string of the molecule is CO[C@@H]1C[C@H](C[C@@H](C)[C@@H]2CC(=O)[C@H](C)/C=C(\C)[C@@H](O)[C@@H](OC)C(=O)[C@H](C)C[C@H](C)/C=C/C=C/C=C(\C)C(OC[C@@H](O)[C@@H](O)[C@H](O)[C@H](O)CO)C[C@@H]3CC[C@@H](C)[C@@](O)(O3)C(=O)C(=O)N3CCCC[C@H]3C(=O)O2)CC[C@H]1O. The first kappa shape index (κ1) is 64.0. The molecule has 75 heavy (non-hydrogen) atoms. The molecule has 4 rings (SSSR count). The van der Waals surface area contributed by atoms with Gasteiger partial charge >= 0.3 is 5.97 Å². The first-order chi connectivity index (χ1) is 35.4. The molecule has 3 heterocycles. The van der Waals surface area contributed by atoms with E-state index >= 15 is 0 Å². The van der Waals surface area contributed by atoms with Gasteiger partial charge in [0.2, 0.25) is 5.79 Å². The maximum absolute atomic E-state index is 14.5. The molecule has 4 aliphatic rings. The number of carbonyl (C=O) groups excluding carboxylic acids is 5. The topological polar surface area (TPSA) is 297 Å². The van der Waals surface area contributed by atoms with Gasteiger partial charge in [-0.05, 0) is 107 Å². The van der Waals surface area contributed by atoms with E-state index < -0.39 is 127 Å². The predicted octanol–water partition coefficient (Wildman–Crippen LogP) is 2.99. The lowest BCUT2D eigenvalue weighted by atomic mass is 9.78. The molecule has 19 atom stereocenters. The van der Waals surface area contributed by atoms with Crippen LogP contribution < -0.4 is 0 Å². The molecule has 1 unspecified atom stereocenters. The molecule has 2 saturated heterocycles. The third-order valence-electron chi connectivity index (χ3n) is 16.0. The summed E-state index contributed by atoms with van der Waals surface area (Å²) in [6, 6.07) is -1.24. The lowest BCUT2D eigenvalue weighted by Gasteiger charge is -2.43. The van der Waals surface area contributed by atoms with E-state index in [4.69, 9.17) is 23.7 Å². The Balaban J connectivity index is 1.73. The zero-order valence-electron chi connectivity index (χ0n) is 45.6. The average molecular weight is 1060 g/mol. The van der Waals surface area contributed by atoms with Crippen molar-refractivity contribution in [2.45, 2.75) is 204 Å². The van der Waals surface area contributed by atoms with Gasteiger partial charge in [0.05, 0.1) is 37.6 Å². The Kier molecular flexibility index (Phi) is 25.6. The van der Waals surface area contributed by atoms with Gasteiger partial charge in [0.1, 0.15) is 54.6 Å². The van der Waals surface area contributed by atoms with Crippen LogP contribution in [-0.4, -0.2) is 188 Å². The van der Waals surface area contributed by atoms with E-state index in [1.165, 1.54) is 7.11 Å². The maximum atomic E-state index is 14.5. The number of methoxy groups -OCH3 is 2. The van der Waals surface area contributed by atoms with Gasteiger partial charge in [-0.2, -0.15) is 0 Å². The number of piperidine rings is 1. The van der Waals surface area contributed by atoms with Crippen LogP contribution in [0.3, 0.4) is 0 Å². The number of hydrogen-bond acceptors (Lipinski definition) is 18. The number of Topliss-reactive ketones (excluding diaryl/α,β-unsaturated/α-hetero) is 3. The van der Waals surface area contributed by atoms with E-state index in [0.717, 1.165) is 4.90 Å². The van der Waals surface area contributed by atoms with Crippen LogP contribution in [0.2, 0.25) is 0 Å². The molecule has 1 saturated carbocycles. The number of aliphatic hydroxyl groups is 8. The third-order valence-corrected chi connectivity index (χ3v) is 16.0. The maximum Gasteiger partial charge on any atom is 0.329 e. The van der Waals surface area contributed by atoms with E-state index in [1.807, 2.05) is 19.9 Å². The smallest absolute Gasteiger partial charge is 0.329 e. The number of carbonyl (C=O) groups is 5. The fourth-order valence-electron chi connectivity index (χ4n) is 10.9. The van der Waals surface area contributed by atoms with E-state index in [1.54, 1.807) is 72.1 Å². The highest BCUT2D eigenvalue weighted by Crippen LogP contribution is 2.38. The highest BCUT2D eigenvalue weighted by atomic mass is 16.6. The van der Waals surface area contributed by atoms with Crippen LogP contribution in [-0.2, 0) is 47.7 Å². The highest BCUT2D eigenvalue weighted by Gasteiger charge is 2.53. The summed E-state index contributed by atoms with van der Waals surface area (Å²) in [5.41, 5.74) is 0.912. The van der Waals surface area contributed by atoms with Crippen molar-refractivity contribution in [3.8, 4) is 0 Å². The molecule has 3 aliphatic heterocycles. The summed E-state index contributed by atoms with van der Waals surface area (Å²) in [5, 5.41) is 84.9. The number of fused-ring (bicyclic) bond motifs is 3. The summed E-state index contributed by atoms with van der Waals surface area (Å²) < 4.78 is 29.7. The molecule has 19 heteroatoms. The Morgan fingerprint density at radius 3 is 2.19 bits per heavy atom. The summed E-state index contributed by atoms with van der Waals surface area (Å²) in [4.78, 5) is 72.5. The van der Waals surface area contributed by atoms with Crippen molar-refractivity contribution in [3.63, 3.8) is 0 Å². The van der Waals surface area contributed by atoms with Gasteiger partial charge in [0.15, 0.2) is 5.78 Å². The molecule has 1 amide bonds. The molecule has 2 bridgehead atoms. The molecule has 0 aromatic carbocycles. The predicted molar refractivity (Wildman–Crippen MR) is 275 cm³/mol. The number of esters is 1. The van der Waals surface area contributed by atoms with Crippen LogP contribution >= 0.6 is 0 Å². The standard InChI is InChI=1S/C56H89NO18/c1-31-15-11-10-12-16-32(2)45(73-30-44(62)51(66)50(65)43(61)29-58)27-39-20-18-37(7)56(70,75-39)53(67)54(68)57-22-14-13-17-40(57)55(69)74-46(34(4)25-38-19-21-41(59)47(26-38)71-8)28-42(60)33(3)24-36(6)49(64)52(72-9)48(63)35(5)23-31/h10-12,15-16,24,31,33-35,37-41,43-47,49-52,58-59,61-62,64-66,70H,13-14,17-23,25-30H2,1-9H3/b12-10+,15-11+,32-16+,36-24+/t31-,33-,34-,35-,37-,38+,39+,40+,41-,43-,44-,45?,46+,47-,49-,50-,51-,52+,56-/m1/s1. The molecule has 0 spiro atoms. The molecule has 426 valence electrons. The summed E-state index contributed by atoms with van der Waals surface area (Å²) in [7, 11) is 2.88. The molecule has 1 aliphatic carbocycles. The molecule has 3 fully saturated rings. The van der Waals surface area contributed by atoms with Gasteiger partial charge in [-0.15, -0.1) is 0 Å². The molecular formula is C56H89NO18. The minimum atomic E-state index is -2.63.